The molecule has 1 aliphatic heterocycles. The molecule has 0 N–H and O–H groups in total. The first-order valence-corrected chi connectivity index (χ1v) is 10.4. The van der Waals surface area contributed by atoms with E-state index in [1.165, 1.54) is 11.3 Å². The summed E-state index contributed by atoms with van der Waals surface area (Å²) in [5.41, 5.74) is 1.51. The lowest BCUT2D eigenvalue weighted by molar-refractivity contribution is -0.138. The van der Waals surface area contributed by atoms with Crippen molar-refractivity contribution in [1.29, 1.82) is 0 Å². The number of aryl methyl sites for hydroxylation is 1. The average molecular weight is 403 g/mol. The number of carbonyl (C=O) groups excluding carboxylic acids is 2. The Labute approximate surface area is 169 Å². The fraction of sp³-hybridized carbons (Fsp3) is 0.476. The molecule has 0 radical (unpaired) electrons. The summed E-state index contributed by atoms with van der Waals surface area (Å²) in [6, 6.07) is 7.76. The van der Waals surface area contributed by atoms with Gasteiger partial charge in [-0.2, -0.15) is 0 Å². The molecule has 1 aromatic carbocycles. The minimum Gasteiger partial charge on any atom is -0.497 e. The van der Waals surface area contributed by atoms with E-state index in [-0.39, 0.29) is 18.6 Å². The lowest BCUT2D eigenvalue weighted by Crippen LogP contribution is -2.45. The summed E-state index contributed by atoms with van der Waals surface area (Å²) in [5, 5.41) is 0.737. The number of amides is 1. The van der Waals surface area contributed by atoms with E-state index in [4.69, 9.17) is 9.47 Å². The van der Waals surface area contributed by atoms with Gasteiger partial charge in [0.25, 0.3) is 5.91 Å². The van der Waals surface area contributed by atoms with Crippen LogP contribution in [-0.4, -0.2) is 48.1 Å². The van der Waals surface area contributed by atoms with E-state index >= 15 is 0 Å². The van der Waals surface area contributed by atoms with Crippen LogP contribution in [-0.2, 0) is 9.53 Å². The maximum absolute atomic E-state index is 12.5. The molecule has 0 aliphatic carbocycles. The van der Waals surface area contributed by atoms with Gasteiger partial charge in [-0.25, -0.2) is 9.78 Å². The molecule has 2 heterocycles. The Bertz CT molecular complexity index is 831. The molecule has 0 spiro atoms. The van der Waals surface area contributed by atoms with Crippen LogP contribution < -0.4 is 4.74 Å². The van der Waals surface area contributed by atoms with Crippen molar-refractivity contribution < 1.29 is 19.1 Å². The SMILES string of the molecule is CC[C@@H]1CCCCN1C(=O)COC(=O)c1sc(-c2ccc(OC)cc2)nc1C. The maximum atomic E-state index is 12.5. The summed E-state index contributed by atoms with van der Waals surface area (Å²) in [6.07, 6.45) is 4.11. The molecular weight excluding hydrogens is 376 g/mol. The van der Waals surface area contributed by atoms with Crippen LogP contribution in [0.2, 0.25) is 0 Å². The van der Waals surface area contributed by atoms with Gasteiger partial charge < -0.3 is 14.4 Å². The monoisotopic (exact) mass is 402 g/mol. The zero-order valence-electron chi connectivity index (χ0n) is 16.6. The van der Waals surface area contributed by atoms with Gasteiger partial charge in [-0.1, -0.05) is 6.92 Å². The van der Waals surface area contributed by atoms with Gasteiger partial charge in [0.2, 0.25) is 0 Å². The van der Waals surface area contributed by atoms with Gasteiger partial charge in [0.15, 0.2) is 6.61 Å². The minimum absolute atomic E-state index is 0.113. The van der Waals surface area contributed by atoms with E-state index in [0.717, 1.165) is 48.5 Å². The topological polar surface area (TPSA) is 68.7 Å². The van der Waals surface area contributed by atoms with Crippen LogP contribution in [0.3, 0.4) is 0 Å². The molecule has 1 aliphatic rings. The highest BCUT2D eigenvalue weighted by atomic mass is 32.1. The Morgan fingerprint density at radius 1 is 1.25 bits per heavy atom. The predicted molar refractivity (Wildman–Crippen MR) is 109 cm³/mol. The molecule has 28 heavy (non-hydrogen) atoms. The molecule has 2 aromatic rings. The molecule has 6 nitrogen and oxygen atoms in total. The first kappa shape index (κ1) is 20.3. The minimum atomic E-state index is -0.492. The summed E-state index contributed by atoms with van der Waals surface area (Å²) in [7, 11) is 1.62. The number of esters is 1. The van der Waals surface area contributed by atoms with E-state index in [2.05, 4.69) is 11.9 Å². The molecule has 0 bridgehead atoms. The smallest absolute Gasteiger partial charge is 0.350 e. The molecule has 1 saturated heterocycles. The van der Waals surface area contributed by atoms with Crippen molar-refractivity contribution in [3.63, 3.8) is 0 Å². The Hall–Kier alpha value is -2.41. The van der Waals surface area contributed by atoms with E-state index < -0.39 is 5.97 Å². The molecule has 1 atom stereocenters. The third kappa shape index (κ3) is 4.52. The van der Waals surface area contributed by atoms with Crippen LogP contribution in [0.5, 0.6) is 5.75 Å². The number of nitrogens with zero attached hydrogens (tertiary/aromatic N) is 2. The average Bonchev–Trinajstić information content (AvgIpc) is 3.13. The second kappa shape index (κ2) is 9.19. The highest BCUT2D eigenvalue weighted by Gasteiger charge is 2.26. The quantitative estimate of drug-likeness (QED) is 0.681. The molecule has 150 valence electrons. The largest absolute Gasteiger partial charge is 0.497 e. The van der Waals surface area contributed by atoms with Gasteiger partial charge >= 0.3 is 5.97 Å². The second-order valence-corrected chi connectivity index (χ2v) is 7.88. The van der Waals surface area contributed by atoms with Crippen molar-refractivity contribution >= 4 is 23.2 Å². The Balaban J connectivity index is 1.64. The molecule has 3 rings (SSSR count). The van der Waals surface area contributed by atoms with Crippen molar-refractivity contribution in [2.75, 3.05) is 20.3 Å². The summed E-state index contributed by atoms with van der Waals surface area (Å²) in [4.78, 5) is 31.8. The lowest BCUT2D eigenvalue weighted by atomic mass is 10.00. The number of thiazole rings is 1. The third-order valence-electron chi connectivity index (χ3n) is 5.06. The van der Waals surface area contributed by atoms with Crippen molar-refractivity contribution in [2.24, 2.45) is 0 Å². The Morgan fingerprint density at radius 3 is 2.68 bits per heavy atom. The number of likely N-dealkylation sites (tertiary alicyclic amines) is 1. The van der Waals surface area contributed by atoms with Crippen molar-refractivity contribution in [3.05, 3.63) is 34.8 Å². The number of carbonyl (C=O) groups is 2. The first-order valence-electron chi connectivity index (χ1n) is 9.62. The number of rotatable bonds is 6. The Morgan fingerprint density at radius 2 is 2.00 bits per heavy atom. The zero-order chi connectivity index (χ0) is 20.1. The van der Waals surface area contributed by atoms with Crippen LogP contribution in [0.25, 0.3) is 10.6 Å². The van der Waals surface area contributed by atoms with Crippen LogP contribution >= 0.6 is 11.3 Å². The van der Waals surface area contributed by atoms with Gasteiger partial charge in [-0.15, -0.1) is 11.3 Å². The standard InChI is InChI=1S/C21H26N2O4S/c1-4-16-7-5-6-12-23(16)18(24)13-27-21(25)19-14(2)22-20(28-19)15-8-10-17(26-3)11-9-15/h8-11,16H,4-7,12-13H2,1-3H3/t16-/m1/s1. The molecular formula is C21H26N2O4S. The van der Waals surface area contributed by atoms with Crippen molar-refractivity contribution in [2.45, 2.75) is 45.6 Å². The normalized spacial score (nSPS) is 16.7. The molecule has 0 unspecified atom stereocenters. The summed E-state index contributed by atoms with van der Waals surface area (Å²) < 4.78 is 10.5. The van der Waals surface area contributed by atoms with Gasteiger partial charge in [-0.3, -0.25) is 4.79 Å². The summed E-state index contributed by atoms with van der Waals surface area (Å²) in [6.45, 7) is 4.39. The summed E-state index contributed by atoms with van der Waals surface area (Å²) >= 11 is 1.28. The van der Waals surface area contributed by atoms with Crippen LogP contribution in [0.4, 0.5) is 0 Å². The van der Waals surface area contributed by atoms with E-state index in [0.29, 0.717) is 10.6 Å². The molecule has 1 amide bonds. The first-order chi connectivity index (χ1) is 13.5. The summed E-state index contributed by atoms with van der Waals surface area (Å²) in [5.74, 6) is 0.156. The zero-order valence-corrected chi connectivity index (χ0v) is 17.4. The molecule has 7 heteroatoms. The van der Waals surface area contributed by atoms with Crippen molar-refractivity contribution in [1.82, 2.24) is 9.88 Å². The van der Waals surface area contributed by atoms with Crippen molar-refractivity contribution in [3.8, 4) is 16.3 Å². The fourth-order valence-electron chi connectivity index (χ4n) is 3.47. The molecule has 1 aromatic heterocycles. The number of ether oxygens (including phenoxy) is 2. The van der Waals surface area contributed by atoms with Gasteiger partial charge in [0.1, 0.15) is 15.6 Å². The number of methoxy groups -OCH3 is 1. The van der Waals surface area contributed by atoms with Gasteiger partial charge in [-0.05, 0) is 56.9 Å². The second-order valence-electron chi connectivity index (χ2n) is 6.88. The van der Waals surface area contributed by atoms with Crippen LogP contribution in [0.1, 0.15) is 48.0 Å². The van der Waals surface area contributed by atoms with E-state index in [1.54, 1.807) is 14.0 Å². The van der Waals surface area contributed by atoms with Gasteiger partial charge in [0, 0.05) is 18.2 Å². The van der Waals surface area contributed by atoms with Crippen LogP contribution in [0.15, 0.2) is 24.3 Å². The van der Waals surface area contributed by atoms with Crippen LogP contribution in [0, 0.1) is 6.92 Å². The fourth-order valence-corrected chi connectivity index (χ4v) is 4.44. The highest BCUT2D eigenvalue weighted by Crippen LogP contribution is 2.29. The van der Waals surface area contributed by atoms with E-state index in [9.17, 15) is 9.59 Å². The molecule has 1 fully saturated rings. The van der Waals surface area contributed by atoms with E-state index in [1.807, 2.05) is 29.2 Å². The number of piperidine rings is 1. The molecule has 0 saturated carbocycles. The number of benzene rings is 1. The number of hydrogen-bond donors (Lipinski definition) is 0. The third-order valence-corrected chi connectivity index (χ3v) is 6.25. The number of hydrogen-bond acceptors (Lipinski definition) is 6. The lowest BCUT2D eigenvalue weighted by Gasteiger charge is -2.35. The number of aromatic nitrogens is 1. The predicted octanol–water partition coefficient (Wildman–Crippen LogP) is 4.08. The maximum Gasteiger partial charge on any atom is 0.350 e. The highest BCUT2D eigenvalue weighted by molar-refractivity contribution is 7.17. The Kier molecular flexibility index (Phi) is 6.67. The van der Waals surface area contributed by atoms with Gasteiger partial charge in [0.05, 0.1) is 12.8 Å².